The molecule has 1 unspecified atom stereocenters. The molecule has 1 aliphatic rings. The first-order valence-corrected chi connectivity index (χ1v) is 9.26. The lowest BCUT2D eigenvalue weighted by atomic mass is 9.96. The van der Waals surface area contributed by atoms with Crippen molar-refractivity contribution >= 4 is 21.9 Å². The van der Waals surface area contributed by atoms with Gasteiger partial charge in [0.05, 0.1) is 30.9 Å². The van der Waals surface area contributed by atoms with Gasteiger partial charge in [-0.05, 0) is 30.2 Å². The summed E-state index contributed by atoms with van der Waals surface area (Å²) in [5.41, 5.74) is 6.44. The van der Waals surface area contributed by atoms with Crippen LogP contribution in [0.3, 0.4) is 0 Å². The molecular formula is C16H18N2O7S. The molecule has 10 heteroatoms. The number of furan rings is 1. The van der Waals surface area contributed by atoms with Crippen molar-refractivity contribution in [1.29, 1.82) is 5.41 Å². The lowest BCUT2D eigenvalue weighted by Gasteiger charge is -2.24. The van der Waals surface area contributed by atoms with Gasteiger partial charge < -0.3 is 19.6 Å². The average Bonchev–Trinajstić information content (AvgIpc) is 3.07. The van der Waals surface area contributed by atoms with E-state index in [4.69, 9.17) is 29.6 Å². The Morgan fingerprint density at radius 2 is 2.08 bits per heavy atom. The number of amidine groups is 1. The average molecular weight is 382 g/mol. The van der Waals surface area contributed by atoms with Crippen LogP contribution in [-0.4, -0.2) is 37.6 Å². The molecular weight excluding hydrogens is 364 g/mol. The van der Waals surface area contributed by atoms with Gasteiger partial charge in [-0.2, -0.15) is 8.42 Å². The smallest absolute Gasteiger partial charge is 0.379 e. The first kappa shape index (κ1) is 19.5. The summed E-state index contributed by atoms with van der Waals surface area (Å²) in [5.74, 6) is 0.638. The number of fused-ring (bicyclic) bond motifs is 1. The number of carbonyl (C=O) groups is 1. The summed E-state index contributed by atoms with van der Waals surface area (Å²) in [4.78, 5) is 11.8. The summed E-state index contributed by atoms with van der Waals surface area (Å²) in [6.45, 7) is 0.359. The Kier molecular flexibility index (Phi) is 6.01. The maximum atomic E-state index is 11.8. The van der Waals surface area contributed by atoms with Crippen molar-refractivity contribution < 1.29 is 31.7 Å². The third-order valence-corrected chi connectivity index (χ3v) is 3.32. The molecule has 0 saturated heterocycles. The van der Waals surface area contributed by atoms with E-state index in [1.54, 1.807) is 18.2 Å². The molecule has 3 rings (SSSR count). The molecule has 0 radical (unpaired) electrons. The number of esters is 1. The molecule has 0 aliphatic carbocycles. The molecule has 1 aromatic heterocycles. The molecule has 0 fully saturated rings. The second-order valence-corrected chi connectivity index (χ2v) is 7.00. The second-order valence-electron chi connectivity index (χ2n) is 5.54. The van der Waals surface area contributed by atoms with Gasteiger partial charge in [-0.1, -0.05) is 6.07 Å². The van der Waals surface area contributed by atoms with Gasteiger partial charge in [0.15, 0.2) is 0 Å². The van der Waals surface area contributed by atoms with Crippen LogP contribution in [-0.2, 0) is 16.5 Å². The largest absolute Gasteiger partial charge is 0.492 e. The predicted octanol–water partition coefficient (Wildman–Crippen LogP) is 1.49. The fraction of sp³-hybridized carbons (Fsp3) is 0.250. The molecule has 140 valence electrons. The lowest BCUT2D eigenvalue weighted by Crippen LogP contribution is -2.32. The minimum Gasteiger partial charge on any atom is -0.492 e. The number of carbonyl (C=O) groups excluding carboxylic acids is 1. The van der Waals surface area contributed by atoms with E-state index < -0.39 is 16.1 Å². The van der Waals surface area contributed by atoms with E-state index in [0.717, 1.165) is 5.56 Å². The molecule has 1 aliphatic heterocycles. The number of hydrogen-bond acceptors (Lipinski definition) is 7. The van der Waals surface area contributed by atoms with Crippen molar-refractivity contribution in [3.05, 3.63) is 47.9 Å². The number of nitrogens with one attached hydrogen (secondary N) is 1. The summed E-state index contributed by atoms with van der Waals surface area (Å²) in [6, 6.07) is 8.32. The van der Waals surface area contributed by atoms with Crippen LogP contribution < -0.4 is 15.2 Å². The van der Waals surface area contributed by atoms with Crippen LogP contribution in [0.25, 0.3) is 0 Å². The molecule has 26 heavy (non-hydrogen) atoms. The van der Waals surface area contributed by atoms with Crippen LogP contribution >= 0.6 is 0 Å². The number of rotatable bonds is 3. The topological polar surface area (TPSA) is 153 Å². The highest BCUT2D eigenvalue weighted by Crippen LogP contribution is 2.31. The monoisotopic (exact) mass is 382 g/mol. The van der Waals surface area contributed by atoms with Crippen LogP contribution in [0.2, 0.25) is 0 Å². The molecule has 1 atom stereocenters. The van der Waals surface area contributed by atoms with Crippen molar-refractivity contribution in [3.8, 4) is 11.5 Å². The van der Waals surface area contributed by atoms with Gasteiger partial charge in [0.1, 0.15) is 11.5 Å². The normalized spacial score (nSPS) is 15.7. The Hall–Kier alpha value is -2.85. The number of hydrogen-bond donors (Lipinski definition) is 3. The first-order chi connectivity index (χ1) is 12.1. The van der Waals surface area contributed by atoms with Crippen LogP contribution in [0.5, 0.6) is 11.5 Å². The molecule has 2 heterocycles. The van der Waals surface area contributed by atoms with Crippen molar-refractivity contribution in [2.75, 3.05) is 12.9 Å². The van der Waals surface area contributed by atoms with Gasteiger partial charge in [0.25, 0.3) is 10.1 Å². The Balaban J connectivity index is 0.000000431. The quantitative estimate of drug-likeness (QED) is 0.237. The van der Waals surface area contributed by atoms with Crippen LogP contribution in [0.15, 0.2) is 41.0 Å². The highest BCUT2D eigenvalue weighted by atomic mass is 32.2. The number of nitrogens with two attached hydrogens (primary N) is 1. The number of ether oxygens (including phenoxy) is 2. The SMILES string of the molecule is CS(=O)(=O)O.N=C(N)C1COc2cc(OC(=O)c3ccco3)ccc2C1. The van der Waals surface area contributed by atoms with E-state index in [0.29, 0.717) is 30.8 Å². The molecule has 0 bridgehead atoms. The van der Waals surface area contributed by atoms with Gasteiger partial charge in [-0.15, -0.1) is 0 Å². The summed E-state index contributed by atoms with van der Waals surface area (Å²) in [5, 5.41) is 7.46. The second kappa shape index (κ2) is 8.02. The fourth-order valence-electron chi connectivity index (χ4n) is 2.17. The van der Waals surface area contributed by atoms with Crippen LogP contribution in [0, 0.1) is 11.3 Å². The molecule has 2 aromatic rings. The fourth-order valence-corrected chi connectivity index (χ4v) is 2.17. The van der Waals surface area contributed by atoms with E-state index in [1.165, 1.54) is 12.3 Å². The maximum absolute atomic E-state index is 11.8. The Labute approximate surface area is 150 Å². The zero-order valence-corrected chi connectivity index (χ0v) is 14.7. The maximum Gasteiger partial charge on any atom is 0.379 e. The highest BCUT2D eigenvalue weighted by molar-refractivity contribution is 7.85. The Morgan fingerprint density at radius 1 is 1.38 bits per heavy atom. The predicted molar refractivity (Wildman–Crippen MR) is 92.2 cm³/mol. The van der Waals surface area contributed by atoms with Crippen molar-refractivity contribution in [3.63, 3.8) is 0 Å². The van der Waals surface area contributed by atoms with E-state index in [9.17, 15) is 13.2 Å². The first-order valence-electron chi connectivity index (χ1n) is 7.41. The van der Waals surface area contributed by atoms with Crippen LogP contribution in [0.1, 0.15) is 16.1 Å². The minimum atomic E-state index is -3.67. The summed E-state index contributed by atoms with van der Waals surface area (Å²) in [6.07, 6.45) is 2.78. The summed E-state index contributed by atoms with van der Waals surface area (Å²) >= 11 is 0. The lowest BCUT2D eigenvalue weighted by molar-refractivity contribution is 0.0701. The summed E-state index contributed by atoms with van der Waals surface area (Å²) in [7, 11) is -3.67. The van der Waals surface area contributed by atoms with E-state index in [-0.39, 0.29) is 17.5 Å². The van der Waals surface area contributed by atoms with E-state index in [1.807, 2.05) is 6.07 Å². The van der Waals surface area contributed by atoms with Gasteiger partial charge >= 0.3 is 5.97 Å². The Morgan fingerprint density at radius 3 is 2.65 bits per heavy atom. The third-order valence-electron chi connectivity index (χ3n) is 3.32. The molecule has 0 saturated carbocycles. The van der Waals surface area contributed by atoms with Gasteiger partial charge in [-0.3, -0.25) is 9.96 Å². The molecule has 0 amide bonds. The summed E-state index contributed by atoms with van der Waals surface area (Å²) < 4.78 is 41.6. The van der Waals surface area contributed by atoms with Crippen molar-refractivity contribution in [1.82, 2.24) is 0 Å². The zero-order chi connectivity index (χ0) is 19.3. The molecule has 0 spiro atoms. The highest BCUT2D eigenvalue weighted by Gasteiger charge is 2.23. The van der Waals surface area contributed by atoms with Crippen molar-refractivity contribution in [2.24, 2.45) is 11.7 Å². The minimum absolute atomic E-state index is 0.103. The zero-order valence-electron chi connectivity index (χ0n) is 13.8. The molecule has 1 aromatic carbocycles. The van der Waals surface area contributed by atoms with Crippen LogP contribution in [0.4, 0.5) is 0 Å². The van der Waals surface area contributed by atoms with Gasteiger partial charge in [-0.25, -0.2) is 4.79 Å². The molecule has 4 N–H and O–H groups in total. The number of benzene rings is 1. The van der Waals surface area contributed by atoms with Crippen molar-refractivity contribution in [2.45, 2.75) is 6.42 Å². The van der Waals surface area contributed by atoms with E-state index in [2.05, 4.69) is 0 Å². The van der Waals surface area contributed by atoms with Gasteiger partial charge in [0.2, 0.25) is 5.76 Å². The Bertz CT molecular complexity index is 883. The third kappa shape index (κ3) is 5.90. The molecule has 9 nitrogen and oxygen atoms in total. The van der Waals surface area contributed by atoms with Gasteiger partial charge in [0, 0.05) is 6.07 Å². The standard InChI is InChI=1S/C15H14N2O4.CH4O3S/c16-14(17)10-6-9-3-4-11(7-13(9)20-8-10)21-15(18)12-2-1-5-19-12;1-5(2,3)4/h1-5,7,10H,6,8H2,(H3,16,17);1H3,(H,2,3,4). The van der Waals surface area contributed by atoms with E-state index >= 15 is 0 Å².